The summed E-state index contributed by atoms with van der Waals surface area (Å²) in [7, 11) is -0.342. The highest BCUT2D eigenvalue weighted by Gasteiger charge is 2.33. The van der Waals surface area contributed by atoms with Gasteiger partial charge in [0.2, 0.25) is 0 Å². The van der Waals surface area contributed by atoms with Crippen LogP contribution in [0, 0.1) is 0 Å². The normalized spacial score (nSPS) is 12.6. The van der Waals surface area contributed by atoms with E-state index in [-0.39, 0.29) is 30.5 Å². The van der Waals surface area contributed by atoms with Crippen molar-refractivity contribution in [2.24, 2.45) is 0 Å². The molecule has 0 aliphatic carbocycles. The molecule has 0 rings (SSSR count). The lowest BCUT2D eigenvalue weighted by atomic mass is 10.2. The van der Waals surface area contributed by atoms with E-state index in [2.05, 4.69) is 40.3 Å². The highest BCUT2D eigenvalue weighted by Crippen LogP contribution is 2.27. The van der Waals surface area contributed by atoms with E-state index in [4.69, 9.17) is 4.74 Å². The van der Waals surface area contributed by atoms with Gasteiger partial charge in [-0.25, -0.2) is 0 Å². The van der Waals surface area contributed by atoms with Crippen LogP contribution in [-0.2, 0) is 19.1 Å². The molecule has 0 saturated heterocycles. The predicted molar refractivity (Wildman–Crippen MR) is 86.4 cm³/mol. The third-order valence-corrected chi connectivity index (χ3v) is 6.34. The van der Waals surface area contributed by atoms with E-state index in [0.717, 1.165) is 10.1 Å². The maximum absolute atomic E-state index is 11.9. The van der Waals surface area contributed by atoms with E-state index in [1.54, 1.807) is 0 Å². The fourth-order valence-corrected chi connectivity index (χ4v) is 5.23. The number of methoxy groups -OCH3 is 1. The Kier molecular flexibility index (Phi) is 8.35. The molecule has 4 nitrogen and oxygen atoms in total. The highest BCUT2D eigenvalue weighted by molar-refractivity contribution is 9.11. The number of carbonyl (C=O) groups is 2. The molecule has 1 atom stereocenters. The molecule has 6 heteroatoms. The van der Waals surface area contributed by atoms with Crippen LogP contribution in [0.3, 0.4) is 0 Å². The zero-order chi connectivity index (χ0) is 15.9. The topological polar surface area (TPSA) is 52.6 Å². The van der Waals surface area contributed by atoms with Gasteiger partial charge in [-0.2, -0.15) is 0 Å². The summed E-state index contributed by atoms with van der Waals surface area (Å²) >= 11 is 3.54. The van der Waals surface area contributed by atoms with Gasteiger partial charge in [0.15, 0.2) is 0 Å². The number of carbonyl (C=O) groups excluding carboxylic acids is 2. The largest absolute Gasteiger partial charge is 0.469 e. The van der Waals surface area contributed by atoms with Gasteiger partial charge in [-0.05, 0) is 20.3 Å². The summed E-state index contributed by atoms with van der Waals surface area (Å²) in [6.07, 6.45) is 0.933. The average Bonchev–Trinajstić information content (AvgIpc) is 2.33. The number of allylic oxidation sites excluding steroid dienone is 1. The van der Waals surface area contributed by atoms with Gasteiger partial charge in [0.05, 0.1) is 15.2 Å². The average molecular weight is 365 g/mol. The molecule has 0 spiro atoms. The summed E-state index contributed by atoms with van der Waals surface area (Å²) < 4.78 is 11.1. The Morgan fingerprint density at radius 2 is 1.60 bits per heavy atom. The second-order valence-corrected chi connectivity index (χ2v) is 12.1. The van der Waals surface area contributed by atoms with Crippen LogP contribution in [0.1, 0.15) is 33.1 Å². The Labute approximate surface area is 131 Å². The summed E-state index contributed by atoms with van der Waals surface area (Å²) in [6.45, 7) is 10.4. The molecule has 0 aliphatic rings. The van der Waals surface area contributed by atoms with Crippen molar-refractivity contribution in [2.45, 2.75) is 58.5 Å². The summed E-state index contributed by atoms with van der Waals surface area (Å²) in [5.74, 6) is -0.565. The second-order valence-electron chi connectivity index (χ2n) is 6.01. The molecule has 0 aromatic rings. The molecule has 0 radical (unpaired) electrons. The minimum Gasteiger partial charge on any atom is -0.469 e. The van der Waals surface area contributed by atoms with Crippen molar-refractivity contribution in [3.8, 4) is 0 Å². The lowest BCUT2D eigenvalue weighted by Gasteiger charge is -2.29. The van der Waals surface area contributed by atoms with E-state index in [1.165, 1.54) is 7.11 Å². The summed E-state index contributed by atoms with van der Waals surface area (Å²) in [5.41, 5.74) is 0.929. The first-order valence-corrected chi connectivity index (χ1v) is 11.1. The SMILES string of the molecule is COC(=O)CCCC(=O)OC(C(Br)=C(C)C)[Si](C)(C)C. The first-order chi connectivity index (χ1) is 9.09. The van der Waals surface area contributed by atoms with Crippen molar-refractivity contribution in [2.75, 3.05) is 7.11 Å². The molecule has 0 aliphatic heterocycles. The van der Waals surface area contributed by atoms with Crippen LogP contribution in [-0.4, -0.2) is 32.8 Å². The molecule has 0 fully saturated rings. The lowest BCUT2D eigenvalue weighted by molar-refractivity contribution is -0.145. The van der Waals surface area contributed by atoms with Crippen LogP contribution in [0.4, 0.5) is 0 Å². The Hall–Kier alpha value is -0.623. The molecule has 0 heterocycles. The molecule has 116 valence electrons. The van der Waals surface area contributed by atoms with Crippen LogP contribution >= 0.6 is 15.9 Å². The minimum atomic E-state index is -1.68. The molecule has 0 saturated carbocycles. The second kappa shape index (κ2) is 8.62. The Morgan fingerprint density at radius 3 is 2.00 bits per heavy atom. The van der Waals surface area contributed by atoms with E-state index < -0.39 is 8.07 Å². The molecule has 1 unspecified atom stereocenters. The first kappa shape index (κ1) is 19.4. The number of halogens is 1. The van der Waals surface area contributed by atoms with Gasteiger partial charge in [-0.3, -0.25) is 9.59 Å². The van der Waals surface area contributed by atoms with Gasteiger partial charge >= 0.3 is 11.9 Å². The molecule has 20 heavy (non-hydrogen) atoms. The van der Waals surface area contributed by atoms with Crippen molar-refractivity contribution in [3.05, 3.63) is 10.1 Å². The summed E-state index contributed by atoms with van der Waals surface area (Å²) in [5, 5.41) is 0. The number of rotatable bonds is 7. The smallest absolute Gasteiger partial charge is 0.306 e. The molecular formula is C14H25BrO4Si. The molecule has 0 N–H and O–H groups in total. The van der Waals surface area contributed by atoms with Gasteiger partial charge < -0.3 is 9.47 Å². The van der Waals surface area contributed by atoms with E-state index in [9.17, 15) is 9.59 Å². The van der Waals surface area contributed by atoms with Gasteiger partial charge in [0.1, 0.15) is 5.73 Å². The highest BCUT2D eigenvalue weighted by atomic mass is 79.9. The monoisotopic (exact) mass is 364 g/mol. The third kappa shape index (κ3) is 7.24. The van der Waals surface area contributed by atoms with E-state index in [1.807, 2.05) is 13.8 Å². The van der Waals surface area contributed by atoms with Crippen molar-refractivity contribution < 1.29 is 19.1 Å². The molecule has 0 aromatic heterocycles. The van der Waals surface area contributed by atoms with Crippen LogP contribution in [0.2, 0.25) is 19.6 Å². The van der Waals surface area contributed by atoms with Crippen LogP contribution in [0.15, 0.2) is 10.1 Å². The van der Waals surface area contributed by atoms with Crippen LogP contribution in [0.25, 0.3) is 0 Å². The predicted octanol–water partition coefficient (Wildman–Crippen LogP) is 3.81. The Morgan fingerprint density at radius 1 is 1.10 bits per heavy atom. The Balaban J connectivity index is 4.58. The van der Waals surface area contributed by atoms with Gasteiger partial charge in [-0.1, -0.05) is 41.1 Å². The van der Waals surface area contributed by atoms with Crippen molar-refractivity contribution in [1.82, 2.24) is 0 Å². The standard InChI is InChI=1S/C14H25BrO4Si/c1-10(2)13(15)14(20(4,5)6)19-12(17)9-7-8-11(16)18-3/h14H,7-9H2,1-6H3. The fourth-order valence-electron chi connectivity index (χ4n) is 1.54. The van der Waals surface area contributed by atoms with Crippen molar-refractivity contribution in [3.63, 3.8) is 0 Å². The lowest BCUT2D eigenvalue weighted by Crippen LogP contribution is -2.42. The maximum Gasteiger partial charge on any atom is 0.306 e. The third-order valence-electron chi connectivity index (χ3n) is 2.73. The van der Waals surface area contributed by atoms with Gasteiger partial charge in [0.25, 0.3) is 0 Å². The van der Waals surface area contributed by atoms with Gasteiger partial charge in [-0.15, -0.1) is 0 Å². The maximum atomic E-state index is 11.9. The van der Waals surface area contributed by atoms with Crippen molar-refractivity contribution in [1.29, 1.82) is 0 Å². The molecular weight excluding hydrogens is 340 g/mol. The van der Waals surface area contributed by atoms with E-state index >= 15 is 0 Å². The Bertz CT molecular complexity index is 381. The van der Waals surface area contributed by atoms with Crippen molar-refractivity contribution >= 4 is 35.9 Å². The number of esters is 2. The van der Waals surface area contributed by atoms with Crippen LogP contribution < -0.4 is 0 Å². The zero-order valence-corrected chi connectivity index (χ0v) is 15.8. The fraction of sp³-hybridized carbons (Fsp3) is 0.714. The zero-order valence-electron chi connectivity index (χ0n) is 13.2. The number of hydrogen-bond acceptors (Lipinski definition) is 4. The van der Waals surface area contributed by atoms with Gasteiger partial charge in [0, 0.05) is 17.3 Å². The molecule has 0 amide bonds. The number of ether oxygens (including phenoxy) is 2. The molecule has 0 bridgehead atoms. The number of hydrogen-bond donors (Lipinski definition) is 0. The van der Waals surface area contributed by atoms with E-state index in [0.29, 0.717) is 6.42 Å². The summed E-state index contributed by atoms with van der Waals surface area (Å²) in [4.78, 5) is 22.9. The summed E-state index contributed by atoms with van der Waals surface area (Å²) in [6, 6.07) is 0. The van der Waals surface area contributed by atoms with Crippen LogP contribution in [0.5, 0.6) is 0 Å². The first-order valence-electron chi connectivity index (χ1n) is 6.68. The quantitative estimate of drug-likeness (QED) is 0.509. The molecule has 0 aromatic carbocycles. The minimum absolute atomic E-state index is 0.182.